The van der Waals surface area contributed by atoms with Crippen LogP contribution in [0.4, 0.5) is 5.13 Å². The molecule has 1 aliphatic heterocycles. The number of fused-ring (bicyclic) bond motifs is 1. The molecule has 4 rings (SSSR count). The Morgan fingerprint density at radius 3 is 2.34 bits per heavy atom. The van der Waals surface area contributed by atoms with Gasteiger partial charge in [0.25, 0.3) is 5.91 Å². The van der Waals surface area contributed by atoms with E-state index < -0.39 is 0 Å². The lowest BCUT2D eigenvalue weighted by atomic mass is 10.1. The van der Waals surface area contributed by atoms with E-state index in [0.29, 0.717) is 30.2 Å². The van der Waals surface area contributed by atoms with Crippen molar-refractivity contribution >= 4 is 32.6 Å². The number of hydrogen-bond acceptors (Lipinski definition) is 6. The molecule has 1 fully saturated rings. The minimum Gasteiger partial charge on any atom is -0.493 e. The number of carbonyl (C=O) groups excluding carboxylic acids is 1. The number of anilines is 1. The molecule has 1 aliphatic rings. The number of rotatable bonds is 4. The molecule has 0 radical (unpaired) electrons. The Hall–Kier alpha value is -2.80. The van der Waals surface area contributed by atoms with Crippen molar-refractivity contribution in [2.24, 2.45) is 0 Å². The molecular weight excluding hydrogens is 386 g/mol. The third-order valence-electron chi connectivity index (χ3n) is 5.46. The van der Waals surface area contributed by atoms with E-state index in [1.165, 1.54) is 15.8 Å². The summed E-state index contributed by atoms with van der Waals surface area (Å²) in [4.78, 5) is 21.9. The molecule has 152 valence electrons. The summed E-state index contributed by atoms with van der Waals surface area (Å²) in [5.74, 6) is 1.20. The molecule has 6 nitrogen and oxygen atoms in total. The Labute approximate surface area is 174 Å². The van der Waals surface area contributed by atoms with Crippen LogP contribution in [-0.2, 0) is 0 Å². The Kier molecular flexibility index (Phi) is 5.32. The molecule has 0 N–H and O–H groups in total. The molecule has 2 heterocycles. The number of benzene rings is 2. The van der Waals surface area contributed by atoms with Gasteiger partial charge < -0.3 is 19.3 Å². The molecule has 7 heteroatoms. The first-order valence-corrected chi connectivity index (χ1v) is 10.5. The molecule has 0 bridgehead atoms. The number of nitrogens with zero attached hydrogens (tertiary/aromatic N) is 3. The van der Waals surface area contributed by atoms with Gasteiger partial charge in [-0.15, -0.1) is 0 Å². The Morgan fingerprint density at radius 2 is 1.66 bits per heavy atom. The van der Waals surface area contributed by atoms with Gasteiger partial charge in [-0.25, -0.2) is 4.98 Å². The quantitative estimate of drug-likeness (QED) is 0.652. The van der Waals surface area contributed by atoms with Crippen molar-refractivity contribution < 1.29 is 14.3 Å². The summed E-state index contributed by atoms with van der Waals surface area (Å²) >= 11 is 1.72. The highest BCUT2D eigenvalue weighted by molar-refractivity contribution is 7.22. The zero-order valence-electron chi connectivity index (χ0n) is 17.2. The lowest BCUT2D eigenvalue weighted by Crippen LogP contribution is -2.48. The van der Waals surface area contributed by atoms with Crippen LogP contribution in [0.25, 0.3) is 10.2 Å². The van der Waals surface area contributed by atoms with E-state index in [1.54, 1.807) is 43.8 Å². The molecule has 3 aromatic rings. The average Bonchev–Trinajstić information content (AvgIpc) is 3.15. The highest BCUT2D eigenvalue weighted by Crippen LogP contribution is 2.32. The van der Waals surface area contributed by atoms with E-state index in [0.717, 1.165) is 23.7 Å². The number of aryl methyl sites for hydroxylation is 2. The van der Waals surface area contributed by atoms with Crippen LogP contribution < -0.4 is 14.4 Å². The first-order chi connectivity index (χ1) is 14.0. The van der Waals surface area contributed by atoms with Crippen LogP contribution in [0.5, 0.6) is 11.5 Å². The van der Waals surface area contributed by atoms with Gasteiger partial charge in [-0.05, 0) is 55.3 Å². The number of amides is 1. The van der Waals surface area contributed by atoms with Gasteiger partial charge in [0.15, 0.2) is 16.6 Å². The molecule has 0 aliphatic carbocycles. The van der Waals surface area contributed by atoms with Crippen LogP contribution >= 0.6 is 11.3 Å². The third kappa shape index (κ3) is 3.74. The van der Waals surface area contributed by atoms with Crippen molar-refractivity contribution in [3.63, 3.8) is 0 Å². The smallest absolute Gasteiger partial charge is 0.254 e. The maximum atomic E-state index is 12.9. The Balaban J connectivity index is 1.46. The van der Waals surface area contributed by atoms with Crippen LogP contribution in [-0.4, -0.2) is 56.2 Å². The number of piperazine rings is 1. The van der Waals surface area contributed by atoms with Crippen LogP contribution in [0.1, 0.15) is 21.5 Å². The molecule has 1 aromatic heterocycles. The first-order valence-electron chi connectivity index (χ1n) is 9.64. The summed E-state index contributed by atoms with van der Waals surface area (Å²) in [7, 11) is 3.16. The predicted molar refractivity (Wildman–Crippen MR) is 117 cm³/mol. The summed E-state index contributed by atoms with van der Waals surface area (Å²) in [6.45, 7) is 7.13. The number of aromatic nitrogens is 1. The van der Waals surface area contributed by atoms with Crippen molar-refractivity contribution in [2.45, 2.75) is 13.8 Å². The molecular formula is C22H25N3O3S. The van der Waals surface area contributed by atoms with Crippen molar-refractivity contribution in [2.75, 3.05) is 45.3 Å². The molecule has 1 amide bonds. The summed E-state index contributed by atoms with van der Waals surface area (Å²) in [6.07, 6.45) is 0. The third-order valence-corrected chi connectivity index (χ3v) is 6.54. The largest absolute Gasteiger partial charge is 0.493 e. The molecule has 0 saturated carbocycles. The van der Waals surface area contributed by atoms with E-state index in [1.807, 2.05) is 4.90 Å². The fourth-order valence-electron chi connectivity index (χ4n) is 3.56. The topological polar surface area (TPSA) is 54.9 Å². The van der Waals surface area contributed by atoms with Gasteiger partial charge in [0.05, 0.1) is 24.4 Å². The van der Waals surface area contributed by atoms with E-state index in [-0.39, 0.29) is 5.91 Å². The highest BCUT2D eigenvalue weighted by atomic mass is 32.1. The number of hydrogen-bond donors (Lipinski definition) is 0. The standard InChI is InChI=1S/C22H25N3O3S/c1-14-11-17-20(12-15(14)2)29-22(23-17)25-9-7-24(8-10-25)21(26)16-5-6-18(27-3)19(13-16)28-4/h5-6,11-13H,7-10H2,1-4H3. The predicted octanol–water partition coefficient (Wildman–Crippen LogP) is 3.89. The molecule has 1 saturated heterocycles. The van der Waals surface area contributed by atoms with Gasteiger partial charge in [-0.2, -0.15) is 0 Å². The van der Waals surface area contributed by atoms with Gasteiger partial charge in [0, 0.05) is 31.7 Å². The van der Waals surface area contributed by atoms with Gasteiger partial charge in [-0.3, -0.25) is 4.79 Å². The zero-order valence-corrected chi connectivity index (χ0v) is 18.0. The lowest BCUT2D eigenvalue weighted by Gasteiger charge is -2.34. The fraction of sp³-hybridized carbons (Fsp3) is 0.364. The summed E-state index contributed by atoms with van der Waals surface area (Å²) in [5.41, 5.74) is 4.22. The minimum atomic E-state index is 0.0150. The van der Waals surface area contributed by atoms with Gasteiger partial charge in [-0.1, -0.05) is 11.3 Å². The molecule has 2 aromatic carbocycles. The highest BCUT2D eigenvalue weighted by Gasteiger charge is 2.24. The number of thiazole rings is 1. The zero-order chi connectivity index (χ0) is 20.5. The monoisotopic (exact) mass is 411 g/mol. The first kappa shape index (κ1) is 19.5. The van der Waals surface area contributed by atoms with Crippen LogP contribution in [0.15, 0.2) is 30.3 Å². The molecule has 0 spiro atoms. The molecule has 29 heavy (non-hydrogen) atoms. The fourth-order valence-corrected chi connectivity index (χ4v) is 4.65. The van der Waals surface area contributed by atoms with Crippen molar-refractivity contribution in [3.05, 3.63) is 47.0 Å². The number of ether oxygens (including phenoxy) is 2. The second-order valence-corrected chi connectivity index (χ2v) is 8.26. The van der Waals surface area contributed by atoms with Gasteiger partial charge in [0.1, 0.15) is 0 Å². The lowest BCUT2D eigenvalue weighted by molar-refractivity contribution is 0.0746. The van der Waals surface area contributed by atoms with Crippen LogP contribution in [0, 0.1) is 13.8 Å². The maximum absolute atomic E-state index is 12.9. The van der Waals surface area contributed by atoms with Crippen molar-refractivity contribution in [1.82, 2.24) is 9.88 Å². The number of carbonyl (C=O) groups is 1. The van der Waals surface area contributed by atoms with E-state index in [4.69, 9.17) is 14.5 Å². The Bertz CT molecular complexity index is 1020. The normalized spacial score (nSPS) is 14.3. The summed E-state index contributed by atoms with van der Waals surface area (Å²) < 4.78 is 11.8. The van der Waals surface area contributed by atoms with Crippen molar-refractivity contribution in [3.8, 4) is 11.5 Å². The minimum absolute atomic E-state index is 0.0150. The molecule has 0 atom stereocenters. The van der Waals surface area contributed by atoms with E-state index in [9.17, 15) is 4.79 Å². The second-order valence-electron chi connectivity index (χ2n) is 7.25. The SMILES string of the molecule is COc1ccc(C(=O)N2CCN(c3nc4cc(C)c(C)cc4s3)CC2)cc1OC. The van der Waals surface area contributed by atoms with Crippen LogP contribution in [0.3, 0.4) is 0 Å². The molecule has 0 unspecified atom stereocenters. The number of methoxy groups -OCH3 is 2. The maximum Gasteiger partial charge on any atom is 0.254 e. The van der Waals surface area contributed by atoms with E-state index >= 15 is 0 Å². The second kappa shape index (κ2) is 7.91. The van der Waals surface area contributed by atoms with Gasteiger partial charge >= 0.3 is 0 Å². The Morgan fingerprint density at radius 1 is 0.966 bits per heavy atom. The van der Waals surface area contributed by atoms with Crippen LogP contribution in [0.2, 0.25) is 0 Å². The summed E-state index contributed by atoms with van der Waals surface area (Å²) in [6, 6.07) is 9.66. The average molecular weight is 412 g/mol. The van der Waals surface area contributed by atoms with E-state index in [2.05, 4.69) is 30.9 Å². The summed E-state index contributed by atoms with van der Waals surface area (Å²) in [5, 5.41) is 1.03. The van der Waals surface area contributed by atoms with Crippen molar-refractivity contribution in [1.29, 1.82) is 0 Å². The van der Waals surface area contributed by atoms with Gasteiger partial charge in [0.2, 0.25) is 0 Å².